The summed E-state index contributed by atoms with van der Waals surface area (Å²) in [5, 5.41) is 0. The molecular weight excluding hydrogens is 350 g/mol. The van der Waals surface area contributed by atoms with Crippen LogP contribution in [0.25, 0.3) is 6.08 Å². The highest BCUT2D eigenvalue weighted by molar-refractivity contribution is 6.12. The van der Waals surface area contributed by atoms with Crippen molar-refractivity contribution in [2.45, 2.75) is 13.5 Å². The number of hydrogen-bond acceptors (Lipinski definition) is 4. The minimum Gasteiger partial charge on any atom is -0.489 e. The largest absolute Gasteiger partial charge is 0.489 e. The highest BCUT2D eigenvalue weighted by atomic mass is 16.6. The number of ether oxygens (including phenoxy) is 2. The summed E-state index contributed by atoms with van der Waals surface area (Å²) >= 11 is 0. The molecule has 0 saturated carbocycles. The summed E-state index contributed by atoms with van der Waals surface area (Å²) in [7, 11) is 0. The maximum absolute atomic E-state index is 12.2. The minimum atomic E-state index is -0.454. The SMILES string of the molecule is Cc1cccc(COc2cccc(/C=C3\N=C(c4ccccc4)OC3=O)c2)c1. The van der Waals surface area contributed by atoms with Crippen molar-refractivity contribution in [3.63, 3.8) is 0 Å². The molecule has 0 radical (unpaired) electrons. The number of aliphatic imine (C=N–C) groups is 1. The molecule has 3 aromatic rings. The summed E-state index contributed by atoms with van der Waals surface area (Å²) < 4.78 is 11.2. The first-order valence-corrected chi connectivity index (χ1v) is 9.04. The van der Waals surface area contributed by atoms with E-state index >= 15 is 0 Å². The van der Waals surface area contributed by atoms with Gasteiger partial charge in [0.05, 0.1) is 0 Å². The van der Waals surface area contributed by atoms with Gasteiger partial charge in [0.2, 0.25) is 5.90 Å². The lowest BCUT2D eigenvalue weighted by Crippen LogP contribution is -2.04. The fourth-order valence-corrected chi connectivity index (χ4v) is 2.93. The quantitative estimate of drug-likeness (QED) is 0.474. The third-order valence-corrected chi connectivity index (χ3v) is 4.29. The average Bonchev–Trinajstić information content (AvgIpc) is 3.08. The molecule has 3 aromatic carbocycles. The molecule has 28 heavy (non-hydrogen) atoms. The molecule has 0 bridgehead atoms. The fraction of sp³-hybridized carbons (Fsp3) is 0.0833. The number of carbonyl (C=O) groups excluding carboxylic acids is 1. The predicted octanol–water partition coefficient (Wildman–Crippen LogP) is 4.92. The number of rotatable bonds is 5. The predicted molar refractivity (Wildman–Crippen MR) is 109 cm³/mol. The number of esters is 1. The van der Waals surface area contributed by atoms with Crippen molar-refractivity contribution in [2.24, 2.45) is 4.99 Å². The Kier molecular flexibility index (Phi) is 5.02. The summed E-state index contributed by atoms with van der Waals surface area (Å²) in [5.74, 6) is 0.600. The molecule has 4 nitrogen and oxygen atoms in total. The highest BCUT2D eigenvalue weighted by Gasteiger charge is 2.23. The Labute approximate surface area is 163 Å². The van der Waals surface area contributed by atoms with Gasteiger partial charge in [-0.05, 0) is 48.4 Å². The lowest BCUT2D eigenvalue weighted by atomic mass is 10.1. The van der Waals surface area contributed by atoms with Crippen LogP contribution in [-0.4, -0.2) is 11.9 Å². The standard InChI is InChI=1S/C24H19NO3/c1-17-7-5-9-19(13-17)16-27-21-12-6-8-18(14-21)15-22-24(26)28-23(25-22)20-10-3-2-4-11-20/h2-15H,16H2,1H3/b22-15-. The molecule has 138 valence electrons. The van der Waals surface area contributed by atoms with Gasteiger partial charge in [0, 0.05) is 5.56 Å². The Morgan fingerprint density at radius 2 is 1.79 bits per heavy atom. The number of aryl methyl sites for hydroxylation is 1. The van der Waals surface area contributed by atoms with Gasteiger partial charge in [-0.25, -0.2) is 9.79 Å². The van der Waals surface area contributed by atoms with Gasteiger partial charge < -0.3 is 9.47 Å². The van der Waals surface area contributed by atoms with Crippen LogP contribution in [0.5, 0.6) is 5.75 Å². The van der Waals surface area contributed by atoms with Gasteiger partial charge in [0.25, 0.3) is 0 Å². The number of benzene rings is 3. The Morgan fingerprint density at radius 3 is 2.61 bits per heavy atom. The van der Waals surface area contributed by atoms with Crippen LogP contribution in [0, 0.1) is 6.92 Å². The zero-order valence-corrected chi connectivity index (χ0v) is 15.5. The van der Waals surface area contributed by atoms with Crippen molar-refractivity contribution in [1.29, 1.82) is 0 Å². The van der Waals surface area contributed by atoms with Crippen LogP contribution in [0.1, 0.15) is 22.3 Å². The second-order valence-electron chi connectivity index (χ2n) is 6.55. The highest BCUT2D eigenvalue weighted by Crippen LogP contribution is 2.22. The number of cyclic esters (lactones) is 1. The van der Waals surface area contributed by atoms with Crippen molar-refractivity contribution < 1.29 is 14.3 Å². The molecule has 0 spiro atoms. The molecule has 4 rings (SSSR count). The molecule has 0 aromatic heterocycles. The monoisotopic (exact) mass is 369 g/mol. The van der Waals surface area contributed by atoms with E-state index in [1.54, 1.807) is 6.08 Å². The summed E-state index contributed by atoms with van der Waals surface area (Å²) in [5.41, 5.74) is 4.18. The Morgan fingerprint density at radius 1 is 0.964 bits per heavy atom. The van der Waals surface area contributed by atoms with Gasteiger partial charge in [-0.1, -0.05) is 60.2 Å². The van der Waals surface area contributed by atoms with Crippen molar-refractivity contribution in [3.05, 3.63) is 107 Å². The summed E-state index contributed by atoms with van der Waals surface area (Å²) in [6.07, 6.45) is 1.71. The van der Waals surface area contributed by atoms with Crippen molar-refractivity contribution in [2.75, 3.05) is 0 Å². The first kappa shape index (κ1) is 17.7. The van der Waals surface area contributed by atoms with E-state index in [9.17, 15) is 4.79 Å². The van der Waals surface area contributed by atoms with E-state index in [2.05, 4.69) is 24.0 Å². The third kappa shape index (κ3) is 4.18. The molecule has 4 heteroatoms. The van der Waals surface area contributed by atoms with Gasteiger partial charge in [0.15, 0.2) is 5.70 Å². The third-order valence-electron chi connectivity index (χ3n) is 4.29. The molecule has 1 aliphatic heterocycles. The molecule has 0 saturated heterocycles. The van der Waals surface area contributed by atoms with E-state index in [1.807, 2.05) is 66.7 Å². The van der Waals surface area contributed by atoms with Crippen molar-refractivity contribution in [1.82, 2.24) is 0 Å². The maximum atomic E-state index is 12.2. The molecule has 0 unspecified atom stereocenters. The van der Waals surface area contributed by atoms with Crippen molar-refractivity contribution in [3.8, 4) is 5.75 Å². The second-order valence-corrected chi connectivity index (χ2v) is 6.55. The van der Waals surface area contributed by atoms with Gasteiger partial charge in [0.1, 0.15) is 12.4 Å². The van der Waals surface area contributed by atoms with E-state index in [-0.39, 0.29) is 5.70 Å². The lowest BCUT2D eigenvalue weighted by molar-refractivity contribution is -0.129. The van der Waals surface area contributed by atoms with Crippen LogP contribution in [-0.2, 0) is 16.1 Å². The average molecular weight is 369 g/mol. The summed E-state index contributed by atoms with van der Waals surface area (Å²) in [6, 6.07) is 25.1. The van der Waals surface area contributed by atoms with Gasteiger partial charge in [-0.15, -0.1) is 0 Å². The van der Waals surface area contributed by atoms with Gasteiger partial charge >= 0.3 is 5.97 Å². The number of hydrogen-bond donors (Lipinski definition) is 0. The van der Waals surface area contributed by atoms with E-state index in [0.29, 0.717) is 12.5 Å². The van der Waals surface area contributed by atoms with Crippen LogP contribution in [0.3, 0.4) is 0 Å². The zero-order valence-electron chi connectivity index (χ0n) is 15.5. The topological polar surface area (TPSA) is 47.9 Å². The van der Waals surface area contributed by atoms with Gasteiger partial charge in [-0.2, -0.15) is 0 Å². The van der Waals surface area contributed by atoms with Crippen LogP contribution < -0.4 is 4.74 Å². The zero-order chi connectivity index (χ0) is 19.3. The Balaban J connectivity index is 1.51. The number of carbonyl (C=O) groups is 1. The van der Waals surface area contributed by atoms with Crippen LogP contribution in [0.4, 0.5) is 0 Å². The normalized spacial score (nSPS) is 14.7. The Hall–Kier alpha value is -3.66. The molecular formula is C24H19NO3. The molecule has 1 aliphatic rings. The van der Waals surface area contributed by atoms with Crippen molar-refractivity contribution >= 4 is 17.9 Å². The van der Waals surface area contributed by atoms with Gasteiger partial charge in [-0.3, -0.25) is 0 Å². The first-order valence-electron chi connectivity index (χ1n) is 9.04. The van der Waals surface area contributed by atoms with Crippen LogP contribution in [0.15, 0.2) is 89.6 Å². The van der Waals surface area contributed by atoms with Crippen LogP contribution >= 0.6 is 0 Å². The molecule has 1 heterocycles. The van der Waals surface area contributed by atoms with E-state index < -0.39 is 5.97 Å². The number of nitrogens with zero attached hydrogens (tertiary/aromatic N) is 1. The second kappa shape index (κ2) is 7.92. The van der Waals surface area contributed by atoms with E-state index in [0.717, 1.165) is 22.4 Å². The van der Waals surface area contributed by atoms with E-state index in [1.165, 1.54) is 5.56 Å². The van der Waals surface area contributed by atoms with E-state index in [4.69, 9.17) is 9.47 Å². The molecule has 0 amide bonds. The Bertz CT molecular complexity index is 1070. The lowest BCUT2D eigenvalue weighted by Gasteiger charge is -2.07. The molecule has 0 N–H and O–H groups in total. The first-order chi connectivity index (χ1) is 13.7. The minimum absolute atomic E-state index is 0.273. The summed E-state index contributed by atoms with van der Waals surface area (Å²) in [4.78, 5) is 16.5. The maximum Gasteiger partial charge on any atom is 0.363 e. The molecule has 0 atom stereocenters. The molecule has 0 fully saturated rings. The van der Waals surface area contributed by atoms with Crippen LogP contribution in [0.2, 0.25) is 0 Å². The smallest absolute Gasteiger partial charge is 0.363 e. The summed E-state index contributed by atoms with van der Waals surface area (Å²) in [6.45, 7) is 2.54. The molecule has 0 aliphatic carbocycles. The fourth-order valence-electron chi connectivity index (χ4n) is 2.93.